The van der Waals surface area contributed by atoms with Gasteiger partial charge in [0.2, 0.25) is 0 Å². The zero-order valence-electron chi connectivity index (χ0n) is 14.1. The Labute approximate surface area is 143 Å². The Balaban J connectivity index is 1.78. The van der Waals surface area contributed by atoms with Crippen LogP contribution in [0.15, 0.2) is 73.1 Å². The van der Waals surface area contributed by atoms with Crippen molar-refractivity contribution in [1.82, 2.24) is 4.57 Å². The molecule has 0 aliphatic carbocycles. The highest BCUT2D eigenvalue weighted by atomic mass is 16.1. The van der Waals surface area contributed by atoms with Crippen molar-refractivity contribution in [3.05, 3.63) is 84.2 Å². The topological polar surface area (TPSA) is 34.0 Å². The second kappa shape index (κ2) is 7.18. The van der Waals surface area contributed by atoms with Gasteiger partial charge in [-0.05, 0) is 60.4 Å². The summed E-state index contributed by atoms with van der Waals surface area (Å²) in [5.74, 6) is 0.336. The van der Waals surface area contributed by atoms with Gasteiger partial charge in [-0.2, -0.15) is 0 Å². The molecule has 3 rings (SSSR count). The molecule has 24 heavy (non-hydrogen) atoms. The van der Waals surface area contributed by atoms with E-state index in [1.807, 2.05) is 71.6 Å². The van der Waals surface area contributed by atoms with Crippen molar-refractivity contribution in [2.45, 2.75) is 26.2 Å². The van der Waals surface area contributed by atoms with Gasteiger partial charge in [0.15, 0.2) is 0 Å². The van der Waals surface area contributed by atoms with Crippen molar-refractivity contribution >= 4 is 11.6 Å². The van der Waals surface area contributed by atoms with Gasteiger partial charge in [-0.3, -0.25) is 4.79 Å². The smallest absolute Gasteiger partial charge is 0.255 e. The lowest BCUT2D eigenvalue weighted by atomic mass is 9.97. The van der Waals surface area contributed by atoms with Gasteiger partial charge >= 0.3 is 0 Å². The van der Waals surface area contributed by atoms with Crippen LogP contribution in [-0.2, 0) is 0 Å². The van der Waals surface area contributed by atoms with E-state index in [1.54, 1.807) is 0 Å². The maximum absolute atomic E-state index is 12.6. The number of aromatic nitrogens is 1. The summed E-state index contributed by atoms with van der Waals surface area (Å²) in [5.41, 5.74) is 3.77. The molecule has 0 radical (unpaired) electrons. The number of nitrogens with one attached hydrogen (secondary N) is 1. The number of rotatable bonds is 5. The molecule has 0 bridgehead atoms. The lowest BCUT2D eigenvalue weighted by Crippen LogP contribution is -2.14. The molecule has 2 aromatic carbocycles. The van der Waals surface area contributed by atoms with E-state index in [0.717, 1.165) is 17.8 Å². The van der Waals surface area contributed by atoms with Crippen LogP contribution in [0.4, 0.5) is 5.69 Å². The first-order valence-electron chi connectivity index (χ1n) is 8.32. The molecule has 122 valence electrons. The average molecular weight is 318 g/mol. The van der Waals surface area contributed by atoms with Crippen molar-refractivity contribution in [3.63, 3.8) is 0 Å². The first-order valence-corrected chi connectivity index (χ1v) is 8.32. The number of hydrogen-bond donors (Lipinski definition) is 1. The predicted octanol–water partition coefficient (Wildman–Crippen LogP) is 5.24. The average Bonchev–Trinajstić information content (AvgIpc) is 3.16. The van der Waals surface area contributed by atoms with Crippen LogP contribution in [0.25, 0.3) is 5.69 Å². The van der Waals surface area contributed by atoms with Crippen LogP contribution in [0, 0.1) is 0 Å². The largest absolute Gasteiger partial charge is 0.324 e. The van der Waals surface area contributed by atoms with Crippen LogP contribution in [-0.4, -0.2) is 10.5 Å². The lowest BCUT2D eigenvalue weighted by Gasteiger charge is -2.15. The fourth-order valence-electron chi connectivity index (χ4n) is 2.75. The molecule has 3 heteroatoms. The number of hydrogen-bond acceptors (Lipinski definition) is 1. The van der Waals surface area contributed by atoms with Crippen molar-refractivity contribution in [3.8, 4) is 5.69 Å². The van der Waals surface area contributed by atoms with Crippen LogP contribution in [0.2, 0.25) is 0 Å². The Kier molecular flexibility index (Phi) is 4.80. The number of carbonyl (C=O) groups excluding carboxylic acids is 1. The Morgan fingerprint density at radius 1 is 1.00 bits per heavy atom. The Morgan fingerprint density at radius 2 is 1.67 bits per heavy atom. The molecule has 0 fully saturated rings. The highest BCUT2D eigenvalue weighted by molar-refractivity contribution is 6.04. The zero-order chi connectivity index (χ0) is 16.9. The van der Waals surface area contributed by atoms with Crippen LogP contribution < -0.4 is 5.32 Å². The molecule has 3 nitrogen and oxygen atoms in total. The van der Waals surface area contributed by atoms with Gasteiger partial charge in [-0.1, -0.05) is 32.0 Å². The van der Waals surface area contributed by atoms with Crippen molar-refractivity contribution in [2.75, 3.05) is 5.32 Å². The number of benzene rings is 2. The minimum absolute atomic E-state index is 0.0789. The van der Waals surface area contributed by atoms with Crippen LogP contribution in [0.1, 0.15) is 42.1 Å². The molecule has 1 unspecified atom stereocenters. The maximum atomic E-state index is 12.6. The maximum Gasteiger partial charge on any atom is 0.255 e. The molecule has 3 aromatic rings. The fourth-order valence-corrected chi connectivity index (χ4v) is 2.75. The molecule has 1 heterocycles. The van der Waals surface area contributed by atoms with Gasteiger partial charge in [0.25, 0.3) is 5.91 Å². The van der Waals surface area contributed by atoms with Gasteiger partial charge in [-0.25, -0.2) is 0 Å². The molecule has 0 saturated carbocycles. The van der Waals surface area contributed by atoms with Crippen molar-refractivity contribution in [1.29, 1.82) is 0 Å². The Hall–Kier alpha value is -2.81. The van der Waals surface area contributed by atoms with Crippen LogP contribution in [0.5, 0.6) is 0 Å². The van der Waals surface area contributed by atoms with Gasteiger partial charge in [0.1, 0.15) is 0 Å². The summed E-state index contributed by atoms with van der Waals surface area (Å²) in [5, 5.41) is 3.05. The standard InChI is InChI=1S/C21H22N2O/c1-3-16(2)19-8-4-5-9-20(19)22-21(24)17-10-12-18(13-11-17)23-14-6-7-15-23/h4-16H,3H2,1-2H3,(H,22,24). The first kappa shape index (κ1) is 16.1. The minimum Gasteiger partial charge on any atom is -0.324 e. The van der Waals surface area contributed by atoms with E-state index >= 15 is 0 Å². The second-order valence-corrected chi connectivity index (χ2v) is 5.99. The third-order valence-electron chi connectivity index (χ3n) is 4.38. The Morgan fingerprint density at radius 3 is 2.33 bits per heavy atom. The molecule has 0 spiro atoms. The molecule has 0 saturated heterocycles. The van der Waals surface area contributed by atoms with E-state index in [-0.39, 0.29) is 5.91 Å². The summed E-state index contributed by atoms with van der Waals surface area (Å²) in [7, 11) is 0. The highest BCUT2D eigenvalue weighted by Gasteiger charge is 2.12. The van der Waals surface area contributed by atoms with E-state index in [1.165, 1.54) is 5.56 Å². The summed E-state index contributed by atoms with van der Waals surface area (Å²) < 4.78 is 2.01. The molecule has 1 amide bonds. The van der Waals surface area contributed by atoms with Crippen molar-refractivity contribution in [2.24, 2.45) is 0 Å². The minimum atomic E-state index is -0.0789. The number of anilines is 1. The fraction of sp³-hybridized carbons (Fsp3) is 0.190. The Bertz CT molecular complexity index is 804. The molecule has 1 N–H and O–H groups in total. The quantitative estimate of drug-likeness (QED) is 0.685. The third kappa shape index (κ3) is 3.40. The molecule has 1 atom stereocenters. The normalized spacial score (nSPS) is 11.9. The zero-order valence-corrected chi connectivity index (χ0v) is 14.1. The van der Waals surface area contributed by atoms with E-state index in [0.29, 0.717) is 11.5 Å². The molecule has 1 aromatic heterocycles. The summed E-state index contributed by atoms with van der Waals surface area (Å²) >= 11 is 0. The first-order chi connectivity index (χ1) is 11.7. The summed E-state index contributed by atoms with van der Waals surface area (Å²) in [6, 6.07) is 19.6. The van der Waals surface area contributed by atoms with E-state index in [2.05, 4.69) is 25.2 Å². The SMILES string of the molecule is CCC(C)c1ccccc1NC(=O)c1ccc(-n2cccc2)cc1. The monoisotopic (exact) mass is 318 g/mol. The molecular weight excluding hydrogens is 296 g/mol. The van der Waals surface area contributed by atoms with Gasteiger partial charge in [0, 0.05) is 29.3 Å². The van der Waals surface area contributed by atoms with Gasteiger partial charge < -0.3 is 9.88 Å². The summed E-state index contributed by atoms with van der Waals surface area (Å²) in [6.45, 7) is 4.33. The van der Waals surface area contributed by atoms with Gasteiger partial charge in [-0.15, -0.1) is 0 Å². The summed E-state index contributed by atoms with van der Waals surface area (Å²) in [4.78, 5) is 12.6. The van der Waals surface area contributed by atoms with E-state index in [9.17, 15) is 4.79 Å². The second-order valence-electron chi connectivity index (χ2n) is 5.99. The molecular formula is C21H22N2O. The van der Waals surface area contributed by atoms with Crippen LogP contribution >= 0.6 is 0 Å². The number of amides is 1. The molecule has 0 aliphatic rings. The molecule has 0 aliphatic heterocycles. The summed E-state index contributed by atoms with van der Waals surface area (Å²) in [6.07, 6.45) is 5.01. The van der Waals surface area contributed by atoms with E-state index < -0.39 is 0 Å². The van der Waals surface area contributed by atoms with Crippen LogP contribution in [0.3, 0.4) is 0 Å². The third-order valence-corrected chi connectivity index (χ3v) is 4.38. The lowest BCUT2D eigenvalue weighted by molar-refractivity contribution is 0.102. The number of nitrogens with zero attached hydrogens (tertiary/aromatic N) is 1. The highest BCUT2D eigenvalue weighted by Crippen LogP contribution is 2.27. The number of para-hydroxylation sites is 1. The van der Waals surface area contributed by atoms with E-state index in [4.69, 9.17) is 0 Å². The van der Waals surface area contributed by atoms with Gasteiger partial charge in [0.05, 0.1) is 0 Å². The predicted molar refractivity (Wildman–Crippen MR) is 98.9 cm³/mol. The van der Waals surface area contributed by atoms with Crippen molar-refractivity contribution < 1.29 is 4.79 Å². The number of carbonyl (C=O) groups is 1.